The van der Waals surface area contributed by atoms with E-state index in [1.807, 2.05) is 6.92 Å². The first-order valence-corrected chi connectivity index (χ1v) is 5.59. The number of nitrogens with zero attached hydrogens (tertiary/aromatic N) is 1. The maximum Gasteiger partial charge on any atom is 0.341 e. The summed E-state index contributed by atoms with van der Waals surface area (Å²) in [6.45, 7) is 10.2. The van der Waals surface area contributed by atoms with Crippen molar-refractivity contribution in [2.75, 3.05) is 20.2 Å². The molecular weight excluding hydrogens is 218 g/mol. The van der Waals surface area contributed by atoms with Crippen molar-refractivity contribution in [3.05, 3.63) is 35.8 Å². The number of hydrogen-bond acceptors (Lipinski definition) is 4. The monoisotopic (exact) mass is 237 g/mol. The van der Waals surface area contributed by atoms with Crippen molar-refractivity contribution in [2.45, 2.75) is 20.4 Å². The van der Waals surface area contributed by atoms with Gasteiger partial charge >= 0.3 is 5.97 Å². The maximum atomic E-state index is 11.5. The third kappa shape index (κ3) is 3.75. The quantitative estimate of drug-likeness (QED) is 0.563. The van der Waals surface area contributed by atoms with E-state index in [0.29, 0.717) is 17.9 Å². The molecule has 1 aromatic heterocycles. The van der Waals surface area contributed by atoms with Crippen LogP contribution in [0.4, 0.5) is 0 Å². The molecule has 0 saturated carbocycles. The van der Waals surface area contributed by atoms with Gasteiger partial charge < -0.3 is 9.15 Å². The molecule has 4 nitrogen and oxygen atoms in total. The van der Waals surface area contributed by atoms with Gasteiger partial charge in [0, 0.05) is 6.54 Å². The number of ether oxygens (including phenoxy) is 1. The topological polar surface area (TPSA) is 42.7 Å². The van der Waals surface area contributed by atoms with Gasteiger partial charge in [-0.15, -0.1) is 0 Å². The van der Waals surface area contributed by atoms with E-state index >= 15 is 0 Å². The van der Waals surface area contributed by atoms with E-state index in [-0.39, 0.29) is 5.97 Å². The van der Waals surface area contributed by atoms with Gasteiger partial charge in [0.25, 0.3) is 0 Å². The number of furan rings is 1. The van der Waals surface area contributed by atoms with Crippen molar-refractivity contribution < 1.29 is 13.9 Å². The van der Waals surface area contributed by atoms with Gasteiger partial charge in [-0.1, -0.05) is 19.1 Å². The predicted molar refractivity (Wildman–Crippen MR) is 65.8 cm³/mol. The van der Waals surface area contributed by atoms with Gasteiger partial charge in [0.15, 0.2) is 0 Å². The molecule has 0 aliphatic rings. The van der Waals surface area contributed by atoms with Gasteiger partial charge in [-0.3, -0.25) is 4.90 Å². The zero-order valence-electron chi connectivity index (χ0n) is 10.7. The zero-order valence-corrected chi connectivity index (χ0v) is 10.7. The van der Waals surface area contributed by atoms with Crippen LogP contribution in [-0.2, 0) is 11.3 Å². The van der Waals surface area contributed by atoms with Gasteiger partial charge in [0.1, 0.15) is 11.3 Å². The molecule has 0 bridgehead atoms. The Morgan fingerprint density at radius 3 is 2.82 bits per heavy atom. The van der Waals surface area contributed by atoms with E-state index in [9.17, 15) is 4.79 Å². The Bertz CT molecular complexity index is 395. The number of carbonyl (C=O) groups excluding carboxylic acids is 1. The molecule has 0 unspecified atom stereocenters. The highest BCUT2D eigenvalue weighted by Gasteiger charge is 2.17. The molecule has 0 radical (unpaired) electrons. The van der Waals surface area contributed by atoms with Crippen LogP contribution in [0.5, 0.6) is 0 Å². The molecule has 1 heterocycles. The van der Waals surface area contributed by atoms with E-state index in [1.54, 1.807) is 6.07 Å². The molecule has 0 spiro atoms. The molecule has 1 rings (SSSR count). The number of methoxy groups -OCH3 is 1. The molecule has 0 saturated heterocycles. The normalized spacial score (nSPS) is 10.6. The second-order valence-corrected chi connectivity index (χ2v) is 4.01. The lowest BCUT2D eigenvalue weighted by atomic mass is 10.2. The predicted octanol–water partition coefficient (Wildman–Crippen LogP) is 2.46. The molecule has 0 N–H and O–H groups in total. The Morgan fingerprint density at radius 2 is 2.29 bits per heavy atom. The summed E-state index contributed by atoms with van der Waals surface area (Å²) in [4.78, 5) is 13.6. The van der Waals surface area contributed by atoms with Crippen molar-refractivity contribution in [1.82, 2.24) is 4.90 Å². The van der Waals surface area contributed by atoms with Gasteiger partial charge in [0.05, 0.1) is 19.9 Å². The largest absolute Gasteiger partial charge is 0.467 e. The van der Waals surface area contributed by atoms with E-state index in [0.717, 1.165) is 18.7 Å². The Balaban J connectivity index is 2.76. The van der Waals surface area contributed by atoms with Crippen LogP contribution in [0.2, 0.25) is 0 Å². The van der Waals surface area contributed by atoms with Crippen molar-refractivity contribution in [1.29, 1.82) is 0 Å². The average Bonchev–Trinajstić information content (AvgIpc) is 2.74. The SMILES string of the molecule is C=C(C)CN(CC)Cc1occc1C(=O)OC. The van der Waals surface area contributed by atoms with Crippen molar-refractivity contribution in [3.8, 4) is 0 Å². The molecule has 0 amide bonds. The minimum Gasteiger partial charge on any atom is -0.467 e. The number of esters is 1. The first-order valence-electron chi connectivity index (χ1n) is 5.59. The summed E-state index contributed by atoms with van der Waals surface area (Å²) in [6.07, 6.45) is 1.51. The molecule has 0 aliphatic heterocycles. The minimum atomic E-state index is -0.361. The second-order valence-electron chi connectivity index (χ2n) is 4.01. The van der Waals surface area contributed by atoms with Crippen molar-refractivity contribution >= 4 is 5.97 Å². The highest BCUT2D eigenvalue weighted by atomic mass is 16.5. The van der Waals surface area contributed by atoms with Crippen LogP contribution in [0.15, 0.2) is 28.9 Å². The number of hydrogen-bond donors (Lipinski definition) is 0. The lowest BCUT2D eigenvalue weighted by molar-refractivity contribution is 0.0596. The van der Waals surface area contributed by atoms with Crippen LogP contribution < -0.4 is 0 Å². The van der Waals surface area contributed by atoms with E-state index < -0.39 is 0 Å². The van der Waals surface area contributed by atoms with Gasteiger partial charge in [-0.25, -0.2) is 4.79 Å². The Labute approximate surface area is 102 Å². The van der Waals surface area contributed by atoms with Crippen LogP contribution in [0.25, 0.3) is 0 Å². The molecule has 0 aliphatic carbocycles. The van der Waals surface area contributed by atoms with Gasteiger partial charge in [-0.2, -0.15) is 0 Å². The summed E-state index contributed by atoms with van der Waals surface area (Å²) in [5, 5.41) is 0. The maximum absolute atomic E-state index is 11.5. The van der Waals surface area contributed by atoms with E-state index in [2.05, 4.69) is 18.4 Å². The Morgan fingerprint density at radius 1 is 1.59 bits per heavy atom. The van der Waals surface area contributed by atoms with E-state index in [1.165, 1.54) is 13.4 Å². The van der Waals surface area contributed by atoms with Crippen LogP contribution in [0.1, 0.15) is 30.0 Å². The van der Waals surface area contributed by atoms with Crippen molar-refractivity contribution in [3.63, 3.8) is 0 Å². The van der Waals surface area contributed by atoms with Crippen LogP contribution in [-0.4, -0.2) is 31.1 Å². The first-order chi connectivity index (χ1) is 8.08. The highest BCUT2D eigenvalue weighted by Crippen LogP contribution is 2.15. The molecule has 94 valence electrons. The Kier molecular flexibility index (Phi) is 4.97. The second kappa shape index (κ2) is 6.25. The molecule has 0 atom stereocenters. The summed E-state index contributed by atoms with van der Waals surface area (Å²) in [5.74, 6) is 0.278. The third-order valence-electron chi connectivity index (χ3n) is 2.46. The standard InChI is InChI=1S/C13H19NO3/c1-5-14(8-10(2)3)9-12-11(6-7-17-12)13(15)16-4/h6-7H,2,5,8-9H2,1,3-4H3. The lowest BCUT2D eigenvalue weighted by Crippen LogP contribution is -2.25. The summed E-state index contributed by atoms with van der Waals surface area (Å²) >= 11 is 0. The number of carbonyl (C=O) groups is 1. The van der Waals surface area contributed by atoms with Gasteiger partial charge in [-0.05, 0) is 19.5 Å². The van der Waals surface area contributed by atoms with Gasteiger partial charge in [0.2, 0.25) is 0 Å². The fourth-order valence-electron chi connectivity index (χ4n) is 1.62. The Hall–Kier alpha value is -1.55. The summed E-state index contributed by atoms with van der Waals surface area (Å²) in [6, 6.07) is 1.63. The molecule has 4 heteroatoms. The molecule has 0 fully saturated rings. The summed E-state index contributed by atoms with van der Waals surface area (Å²) in [7, 11) is 1.37. The molecule has 1 aromatic rings. The minimum absolute atomic E-state index is 0.361. The van der Waals surface area contributed by atoms with Crippen LogP contribution >= 0.6 is 0 Å². The molecule has 17 heavy (non-hydrogen) atoms. The van der Waals surface area contributed by atoms with E-state index in [4.69, 9.17) is 9.15 Å². The smallest absolute Gasteiger partial charge is 0.341 e. The third-order valence-corrected chi connectivity index (χ3v) is 2.46. The summed E-state index contributed by atoms with van der Waals surface area (Å²) < 4.78 is 10.0. The van der Waals surface area contributed by atoms with Crippen LogP contribution in [0, 0.1) is 0 Å². The fraction of sp³-hybridized carbons (Fsp3) is 0.462. The lowest BCUT2D eigenvalue weighted by Gasteiger charge is -2.19. The number of likely N-dealkylation sites (N-methyl/N-ethyl adjacent to an activating group) is 1. The fourth-order valence-corrected chi connectivity index (χ4v) is 1.62. The average molecular weight is 237 g/mol. The van der Waals surface area contributed by atoms with Crippen LogP contribution in [0.3, 0.4) is 0 Å². The molecule has 0 aromatic carbocycles. The summed E-state index contributed by atoms with van der Waals surface area (Å²) in [5.41, 5.74) is 1.57. The van der Waals surface area contributed by atoms with Crippen molar-refractivity contribution in [2.24, 2.45) is 0 Å². The molecular formula is C13H19NO3. The number of rotatable bonds is 6. The first kappa shape index (κ1) is 13.5. The highest BCUT2D eigenvalue weighted by molar-refractivity contribution is 5.90. The zero-order chi connectivity index (χ0) is 12.8.